The minimum absolute atomic E-state index is 0.0125. The molecule has 0 aliphatic rings. The Morgan fingerprint density at radius 1 is 1.10 bits per heavy atom. The Hall–Kier alpha value is -1.36. The highest BCUT2D eigenvalue weighted by molar-refractivity contribution is 9.11. The summed E-state index contributed by atoms with van der Waals surface area (Å²) >= 11 is 10.9. The van der Waals surface area contributed by atoms with Crippen molar-refractivity contribution in [3.05, 3.63) is 62.2 Å². The van der Waals surface area contributed by atoms with Gasteiger partial charge in [-0.25, -0.2) is 0 Å². The molecule has 0 aliphatic heterocycles. The third kappa shape index (κ3) is 3.12. The molecule has 1 aromatic heterocycles. The van der Waals surface area contributed by atoms with Crippen LogP contribution < -0.4 is 4.74 Å². The number of halogens is 2. The standard InChI is InChI=1S/C16H10BrClO2S/c17-16-8-7-15(21-16)13(19)9-20-14-6-5-12(18)10-3-1-2-4-11(10)14/h1-8H,9H2. The molecule has 0 saturated heterocycles. The van der Waals surface area contributed by atoms with Crippen LogP contribution in [0.4, 0.5) is 0 Å². The zero-order valence-corrected chi connectivity index (χ0v) is 14.0. The minimum Gasteiger partial charge on any atom is -0.485 e. The van der Waals surface area contributed by atoms with E-state index in [1.807, 2.05) is 30.3 Å². The Morgan fingerprint density at radius 3 is 2.57 bits per heavy atom. The van der Waals surface area contributed by atoms with Gasteiger partial charge in [-0.15, -0.1) is 11.3 Å². The molecule has 0 unspecified atom stereocenters. The van der Waals surface area contributed by atoms with Crippen molar-refractivity contribution in [1.29, 1.82) is 0 Å². The topological polar surface area (TPSA) is 26.3 Å². The number of fused-ring (bicyclic) bond motifs is 1. The number of carbonyl (C=O) groups is 1. The van der Waals surface area contributed by atoms with Crippen molar-refractivity contribution in [1.82, 2.24) is 0 Å². The van der Waals surface area contributed by atoms with Gasteiger partial charge >= 0.3 is 0 Å². The van der Waals surface area contributed by atoms with E-state index in [1.54, 1.807) is 18.2 Å². The molecule has 106 valence electrons. The molecule has 21 heavy (non-hydrogen) atoms. The summed E-state index contributed by atoms with van der Waals surface area (Å²) in [4.78, 5) is 12.8. The van der Waals surface area contributed by atoms with Crippen molar-refractivity contribution in [2.75, 3.05) is 6.61 Å². The molecular weight excluding hydrogens is 372 g/mol. The van der Waals surface area contributed by atoms with Gasteiger partial charge in [-0.3, -0.25) is 4.79 Å². The molecule has 0 spiro atoms. The summed E-state index contributed by atoms with van der Waals surface area (Å²) in [5.74, 6) is 0.628. The van der Waals surface area contributed by atoms with Crippen LogP contribution in [0.2, 0.25) is 5.02 Å². The third-order valence-electron chi connectivity index (χ3n) is 3.04. The van der Waals surface area contributed by atoms with E-state index in [0.717, 1.165) is 14.6 Å². The number of Topliss-reactive ketones (excluding diaryl/α,β-unsaturated/α-hetero) is 1. The number of carbonyl (C=O) groups excluding carboxylic acids is 1. The van der Waals surface area contributed by atoms with E-state index in [-0.39, 0.29) is 12.4 Å². The lowest BCUT2D eigenvalue weighted by atomic mass is 10.1. The number of ketones is 1. The van der Waals surface area contributed by atoms with Crippen LogP contribution in [0, 0.1) is 0 Å². The average Bonchev–Trinajstić information content (AvgIpc) is 2.93. The first-order valence-electron chi connectivity index (χ1n) is 6.24. The van der Waals surface area contributed by atoms with Gasteiger partial charge in [0.05, 0.1) is 8.66 Å². The fourth-order valence-electron chi connectivity index (χ4n) is 2.04. The highest BCUT2D eigenvalue weighted by atomic mass is 79.9. The number of ether oxygens (including phenoxy) is 1. The maximum atomic E-state index is 12.1. The maximum Gasteiger partial charge on any atom is 0.210 e. The number of hydrogen-bond donors (Lipinski definition) is 0. The van der Waals surface area contributed by atoms with E-state index in [4.69, 9.17) is 16.3 Å². The largest absolute Gasteiger partial charge is 0.485 e. The maximum absolute atomic E-state index is 12.1. The quantitative estimate of drug-likeness (QED) is 0.552. The molecule has 5 heteroatoms. The van der Waals surface area contributed by atoms with Crippen molar-refractivity contribution in [3.63, 3.8) is 0 Å². The number of benzene rings is 2. The zero-order chi connectivity index (χ0) is 14.8. The minimum atomic E-state index is -0.0373. The molecule has 3 aromatic rings. The molecule has 0 bridgehead atoms. The van der Waals surface area contributed by atoms with Crippen LogP contribution in [-0.4, -0.2) is 12.4 Å². The van der Waals surface area contributed by atoms with E-state index in [0.29, 0.717) is 15.6 Å². The second kappa shape index (κ2) is 6.18. The average molecular weight is 382 g/mol. The van der Waals surface area contributed by atoms with Crippen LogP contribution in [0.3, 0.4) is 0 Å². The SMILES string of the molecule is O=C(COc1ccc(Cl)c2ccccc12)c1ccc(Br)s1. The van der Waals surface area contributed by atoms with Gasteiger partial charge in [0.25, 0.3) is 0 Å². The van der Waals surface area contributed by atoms with Gasteiger partial charge in [-0.2, -0.15) is 0 Å². The van der Waals surface area contributed by atoms with Crippen molar-refractivity contribution in [2.24, 2.45) is 0 Å². The van der Waals surface area contributed by atoms with E-state index < -0.39 is 0 Å². The second-order valence-corrected chi connectivity index (χ2v) is 7.28. The summed E-state index contributed by atoms with van der Waals surface area (Å²) in [6, 6.07) is 14.9. The van der Waals surface area contributed by atoms with Crippen LogP contribution in [-0.2, 0) is 0 Å². The lowest BCUT2D eigenvalue weighted by Gasteiger charge is -2.09. The van der Waals surface area contributed by atoms with Crippen LogP contribution in [0.25, 0.3) is 10.8 Å². The predicted molar refractivity (Wildman–Crippen MR) is 90.8 cm³/mol. The zero-order valence-electron chi connectivity index (χ0n) is 10.8. The number of rotatable bonds is 4. The highest BCUT2D eigenvalue weighted by Gasteiger charge is 2.11. The smallest absolute Gasteiger partial charge is 0.210 e. The summed E-state index contributed by atoms with van der Waals surface area (Å²) in [6.07, 6.45) is 0. The molecule has 2 nitrogen and oxygen atoms in total. The highest BCUT2D eigenvalue weighted by Crippen LogP contribution is 2.31. The Bertz CT molecular complexity index is 813. The number of hydrogen-bond acceptors (Lipinski definition) is 3. The Morgan fingerprint density at radius 2 is 1.86 bits per heavy atom. The summed E-state index contributed by atoms with van der Waals surface area (Å²) in [6.45, 7) is 0.0125. The molecule has 0 atom stereocenters. The number of thiophene rings is 1. The van der Waals surface area contributed by atoms with Crippen molar-refractivity contribution >= 4 is 55.4 Å². The normalized spacial score (nSPS) is 10.8. The Balaban J connectivity index is 1.83. The van der Waals surface area contributed by atoms with Crippen molar-refractivity contribution in [3.8, 4) is 5.75 Å². The summed E-state index contributed by atoms with van der Waals surface area (Å²) in [7, 11) is 0. The van der Waals surface area contributed by atoms with Gasteiger partial charge in [0.2, 0.25) is 5.78 Å². The van der Waals surface area contributed by atoms with Crippen LogP contribution in [0.1, 0.15) is 9.67 Å². The molecule has 0 aliphatic carbocycles. The molecule has 0 N–H and O–H groups in total. The first-order valence-corrected chi connectivity index (χ1v) is 8.22. The lowest BCUT2D eigenvalue weighted by Crippen LogP contribution is -2.10. The van der Waals surface area contributed by atoms with Gasteiger partial charge in [0.1, 0.15) is 5.75 Å². The van der Waals surface area contributed by atoms with E-state index in [1.165, 1.54) is 11.3 Å². The van der Waals surface area contributed by atoms with Gasteiger partial charge < -0.3 is 4.74 Å². The van der Waals surface area contributed by atoms with Crippen molar-refractivity contribution < 1.29 is 9.53 Å². The van der Waals surface area contributed by atoms with Crippen LogP contribution in [0.5, 0.6) is 5.75 Å². The fraction of sp³-hybridized carbons (Fsp3) is 0.0625. The van der Waals surface area contributed by atoms with Crippen LogP contribution >= 0.6 is 38.9 Å². The molecule has 0 radical (unpaired) electrons. The third-order valence-corrected chi connectivity index (χ3v) is 5.03. The molecule has 0 saturated carbocycles. The van der Waals surface area contributed by atoms with Crippen molar-refractivity contribution in [2.45, 2.75) is 0 Å². The predicted octanol–water partition coefficient (Wildman–Crippen LogP) is 5.58. The molecule has 0 amide bonds. The molecule has 2 aromatic carbocycles. The first-order chi connectivity index (χ1) is 10.1. The summed E-state index contributed by atoms with van der Waals surface area (Å²) < 4.78 is 6.62. The van der Waals surface area contributed by atoms with E-state index in [9.17, 15) is 4.79 Å². The van der Waals surface area contributed by atoms with Gasteiger partial charge in [0.15, 0.2) is 6.61 Å². The van der Waals surface area contributed by atoms with Gasteiger partial charge in [-0.05, 0) is 40.2 Å². The van der Waals surface area contributed by atoms with E-state index in [2.05, 4.69) is 15.9 Å². The monoisotopic (exact) mass is 380 g/mol. The molecule has 3 rings (SSSR count). The Kier molecular flexibility index (Phi) is 4.29. The second-order valence-electron chi connectivity index (χ2n) is 4.41. The summed E-state index contributed by atoms with van der Waals surface area (Å²) in [5, 5.41) is 2.50. The molecule has 0 fully saturated rings. The first kappa shape index (κ1) is 14.6. The molecule has 1 heterocycles. The van der Waals surface area contributed by atoms with Crippen LogP contribution in [0.15, 0.2) is 52.3 Å². The van der Waals surface area contributed by atoms with E-state index >= 15 is 0 Å². The van der Waals surface area contributed by atoms with Gasteiger partial charge in [0, 0.05) is 15.8 Å². The van der Waals surface area contributed by atoms with Gasteiger partial charge in [-0.1, -0.05) is 35.9 Å². The summed E-state index contributed by atoms with van der Waals surface area (Å²) in [5.41, 5.74) is 0. The molecular formula is C16H10BrClO2S. The fourth-order valence-corrected chi connectivity index (χ4v) is 3.58. The Labute approximate surface area is 139 Å². The lowest BCUT2D eigenvalue weighted by molar-refractivity contribution is 0.0927.